The van der Waals surface area contributed by atoms with E-state index in [1.807, 2.05) is 12.3 Å². The molecule has 3 nitrogen and oxygen atoms in total. The van der Waals surface area contributed by atoms with E-state index in [1.54, 1.807) is 6.20 Å². The van der Waals surface area contributed by atoms with Crippen molar-refractivity contribution in [1.82, 2.24) is 14.8 Å². The first-order chi connectivity index (χ1) is 9.61. The topological polar surface area (TPSA) is 19.4 Å². The quantitative estimate of drug-likeness (QED) is 0.854. The van der Waals surface area contributed by atoms with Gasteiger partial charge in [0.05, 0.1) is 5.02 Å². The van der Waals surface area contributed by atoms with E-state index in [4.69, 9.17) is 11.6 Å². The first-order valence-electron chi connectivity index (χ1n) is 7.60. The van der Waals surface area contributed by atoms with Gasteiger partial charge in [-0.05, 0) is 56.8 Å². The maximum absolute atomic E-state index is 6.02. The van der Waals surface area contributed by atoms with Gasteiger partial charge in [0.2, 0.25) is 0 Å². The third-order valence-electron chi connectivity index (χ3n) is 5.00. The molecule has 1 aliphatic heterocycles. The predicted molar refractivity (Wildman–Crippen MR) is 82.8 cm³/mol. The summed E-state index contributed by atoms with van der Waals surface area (Å²) in [5.74, 6) is 1.78. The molecule has 3 rings (SSSR count). The van der Waals surface area contributed by atoms with Crippen molar-refractivity contribution >= 4 is 11.6 Å². The molecule has 0 aromatic carbocycles. The normalized spacial score (nSPS) is 30.7. The van der Waals surface area contributed by atoms with Gasteiger partial charge < -0.3 is 4.90 Å². The highest BCUT2D eigenvalue weighted by atomic mass is 35.5. The molecule has 1 aliphatic carbocycles. The highest BCUT2D eigenvalue weighted by molar-refractivity contribution is 6.30. The number of rotatable bonds is 3. The van der Waals surface area contributed by atoms with E-state index in [0.717, 1.165) is 29.4 Å². The Bertz CT molecular complexity index is 463. The van der Waals surface area contributed by atoms with E-state index in [2.05, 4.69) is 28.9 Å². The highest BCUT2D eigenvalue weighted by Crippen LogP contribution is 2.38. The number of hydrogen-bond acceptors (Lipinski definition) is 3. The molecule has 2 fully saturated rings. The van der Waals surface area contributed by atoms with Crippen LogP contribution in [0.4, 0.5) is 0 Å². The molecule has 1 aromatic heterocycles. The lowest BCUT2D eigenvalue weighted by molar-refractivity contribution is 0.162. The molecular weight excluding hydrogens is 270 g/mol. The molecule has 1 saturated heterocycles. The van der Waals surface area contributed by atoms with E-state index in [1.165, 1.54) is 37.9 Å². The van der Waals surface area contributed by atoms with Crippen LogP contribution in [-0.2, 0) is 6.54 Å². The minimum absolute atomic E-state index is 0.742. The Kier molecular flexibility index (Phi) is 4.29. The number of nitrogens with zero attached hydrogens (tertiary/aromatic N) is 3. The minimum Gasteiger partial charge on any atom is -0.306 e. The van der Waals surface area contributed by atoms with Gasteiger partial charge in [-0.3, -0.25) is 9.88 Å². The van der Waals surface area contributed by atoms with Crippen LogP contribution in [0.15, 0.2) is 18.5 Å². The molecule has 3 atom stereocenters. The zero-order valence-electron chi connectivity index (χ0n) is 12.4. The third-order valence-corrected chi connectivity index (χ3v) is 5.20. The highest BCUT2D eigenvalue weighted by Gasteiger charge is 2.37. The summed E-state index contributed by atoms with van der Waals surface area (Å²) in [6.45, 7) is 3.48. The molecular formula is C16H24ClN3. The minimum atomic E-state index is 0.742. The largest absolute Gasteiger partial charge is 0.306 e. The molecule has 3 unspecified atom stereocenters. The van der Waals surface area contributed by atoms with Crippen LogP contribution in [0.3, 0.4) is 0 Å². The van der Waals surface area contributed by atoms with Gasteiger partial charge in [-0.15, -0.1) is 0 Å². The zero-order chi connectivity index (χ0) is 14.1. The van der Waals surface area contributed by atoms with Crippen molar-refractivity contribution in [2.45, 2.75) is 31.8 Å². The smallest absolute Gasteiger partial charge is 0.0592 e. The average Bonchev–Trinajstić information content (AvgIpc) is 2.79. The third kappa shape index (κ3) is 3.16. The van der Waals surface area contributed by atoms with E-state index >= 15 is 0 Å². The summed E-state index contributed by atoms with van der Waals surface area (Å²) < 4.78 is 0. The summed E-state index contributed by atoms with van der Waals surface area (Å²) >= 11 is 6.02. The maximum atomic E-state index is 6.02. The first-order valence-corrected chi connectivity index (χ1v) is 7.98. The van der Waals surface area contributed by atoms with Gasteiger partial charge in [0.15, 0.2) is 0 Å². The Hall–Kier alpha value is -0.640. The van der Waals surface area contributed by atoms with Gasteiger partial charge in [0.1, 0.15) is 0 Å². The number of fused-ring (bicyclic) bond motifs is 1. The van der Waals surface area contributed by atoms with Crippen LogP contribution >= 0.6 is 11.6 Å². The summed E-state index contributed by atoms with van der Waals surface area (Å²) in [6.07, 6.45) is 7.76. The Morgan fingerprint density at radius 2 is 2.05 bits per heavy atom. The second-order valence-electron chi connectivity index (χ2n) is 6.66. The molecule has 4 heteroatoms. The van der Waals surface area contributed by atoms with E-state index in [-0.39, 0.29) is 0 Å². The van der Waals surface area contributed by atoms with E-state index in [9.17, 15) is 0 Å². The van der Waals surface area contributed by atoms with Gasteiger partial charge in [0, 0.05) is 38.1 Å². The lowest BCUT2D eigenvalue weighted by Gasteiger charge is -2.34. The SMILES string of the molecule is CN(C)C1CCC2CN(Cc3cncc(Cl)c3)CC2C1. The van der Waals surface area contributed by atoms with Gasteiger partial charge >= 0.3 is 0 Å². The first kappa shape index (κ1) is 14.3. The average molecular weight is 294 g/mol. The summed E-state index contributed by atoms with van der Waals surface area (Å²) in [5, 5.41) is 0.742. The summed E-state index contributed by atoms with van der Waals surface area (Å²) in [4.78, 5) is 9.17. The van der Waals surface area contributed by atoms with Crippen LogP contribution < -0.4 is 0 Å². The molecule has 20 heavy (non-hydrogen) atoms. The van der Waals surface area contributed by atoms with Crippen LogP contribution in [-0.4, -0.2) is 48.0 Å². The Labute approximate surface area is 126 Å². The Balaban J connectivity index is 1.59. The van der Waals surface area contributed by atoms with Crippen molar-refractivity contribution in [3.8, 4) is 0 Å². The van der Waals surface area contributed by atoms with Crippen LogP contribution in [0.5, 0.6) is 0 Å². The number of likely N-dealkylation sites (tertiary alicyclic amines) is 1. The maximum Gasteiger partial charge on any atom is 0.0592 e. The zero-order valence-corrected chi connectivity index (χ0v) is 13.2. The lowest BCUT2D eigenvalue weighted by Crippen LogP contribution is -2.36. The van der Waals surface area contributed by atoms with Gasteiger partial charge in [-0.2, -0.15) is 0 Å². The monoisotopic (exact) mass is 293 g/mol. The Morgan fingerprint density at radius 1 is 1.25 bits per heavy atom. The van der Waals surface area contributed by atoms with Crippen LogP contribution in [0.1, 0.15) is 24.8 Å². The van der Waals surface area contributed by atoms with Crippen molar-refractivity contribution < 1.29 is 0 Å². The van der Waals surface area contributed by atoms with Crippen molar-refractivity contribution in [2.75, 3.05) is 27.2 Å². The number of halogens is 1. The second kappa shape index (κ2) is 6.00. The van der Waals surface area contributed by atoms with Crippen molar-refractivity contribution in [1.29, 1.82) is 0 Å². The molecule has 110 valence electrons. The molecule has 0 radical (unpaired) electrons. The molecule has 0 N–H and O–H groups in total. The molecule has 1 saturated carbocycles. The molecule has 2 heterocycles. The second-order valence-corrected chi connectivity index (χ2v) is 7.09. The summed E-state index contributed by atoms with van der Waals surface area (Å²) in [7, 11) is 4.44. The fourth-order valence-electron chi connectivity index (χ4n) is 3.90. The molecule has 2 aliphatic rings. The fourth-order valence-corrected chi connectivity index (χ4v) is 4.10. The predicted octanol–water partition coefficient (Wildman–Crippen LogP) is 2.90. The van der Waals surface area contributed by atoms with Crippen LogP contribution in [0.25, 0.3) is 0 Å². The van der Waals surface area contributed by atoms with Crippen molar-refractivity contribution in [2.24, 2.45) is 11.8 Å². The van der Waals surface area contributed by atoms with E-state index < -0.39 is 0 Å². The summed E-state index contributed by atoms with van der Waals surface area (Å²) in [6, 6.07) is 2.82. The van der Waals surface area contributed by atoms with Gasteiger partial charge in [-0.25, -0.2) is 0 Å². The van der Waals surface area contributed by atoms with Crippen LogP contribution in [0, 0.1) is 11.8 Å². The van der Waals surface area contributed by atoms with Gasteiger partial charge in [0.25, 0.3) is 0 Å². The van der Waals surface area contributed by atoms with Gasteiger partial charge in [-0.1, -0.05) is 11.6 Å². The lowest BCUT2D eigenvalue weighted by atomic mass is 9.79. The summed E-state index contributed by atoms with van der Waals surface area (Å²) in [5.41, 5.74) is 1.24. The van der Waals surface area contributed by atoms with Crippen molar-refractivity contribution in [3.05, 3.63) is 29.0 Å². The number of pyridine rings is 1. The number of aromatic nitrogens is 1. The Morgan fingerprint density at radius 3 is 2.80 bits per heavy atom. The molecule has 0 spiro atoms. The molecule has 0 bridgehead atoms. The standard InChI is InChI=1S/C16H24ClN3/c1-19(2)16-4-3-13-10-20(11-14(13)6-16)9-12-5-15(17)8-18-7-12/h5,7-8,13-14,16H,3-4,6,9-11H2,1-2H3. The van der Waals surface area contributed by atoms with Crippen LogP contribution in [0.2, 0.25) is 5.02 Å². The van der Waals surface area contributed by atoms with Crippen molar-refractivity contribution in [3.63, 3.8) is 0 Å². The molecule has 1 aromatic rings. The number of hydrogen-bond donors (Lipinski definition) is 0. The fraction of sp³-hybridized carbons (Fsp3) is 0.688. The van der Waals surface area contributed by atoms with E-state index in [0.29, 0.717) is 0 Å². The molecule has 0 amide bonds.